The molecule has 0 atom stereocenters. The number of likely N-dealkylation sites (tertiary alicyclic amines) is 1. The van der Waals surface area contributed by atoms with E-state index in [1.54, 1.807) is 0 Å². The standard InChI is InChI=1S/C18H26N2O2/c1-13-7-6-8-14(2)15(13)19-9-18(10-19)11-20(12-18)16(21)22-17(3,4)5/h6-8H,9-12H2,1-5H3. The molecule has 0 unspecified atom stereocenters. The third-order valence-corrected chi connectivity index (χ3v) is 4.51. The smallest absolute Gasteiger partial charge is 0.410 e. The fraction of sp³-hybridized carbons (Fsp3) is 0.611. The van der Waals surface area contributed by atoms with Crippen molar-refractivity contribution in [3.05, 3.63) is 29.3 Å². The van der Waals surface area contributed by atoms with Gasteiger partial charge in [0, 0.05) is 37.3 Å². The Kier molecular flexibility index (Phi) is 3.38. The Morgan fingerprint density at radius 1 is 1.09 bits per heavy atom. The molecule has 2 saturated heterocycles. The lowest BCUT2D eigenvalue weighted by atomic mass is 9.72. The van der Waals surface area contributed by atoms with Gasteiger partial charge in [0.05, 0.1) is 0 Å². The zero-order chi connectivity index (χ0) is 16.1. The summed E-state index contributed by atoms with van der Waals surface area (Å²) in [7, 11) is 0. The summed E-state index contributed by atoms with van der Waals surface area (Å²) < 4.78 is 5.43. The molecule has 4 nitrogen and oxygen atoms in total. The lowest BCUT2D eigenvalue weighted by molar-refractivity contribution is -0.0453. The van der Waals surface area contributed by atoms with E-state index in [0.717, 1.165) is 26.2 Å². The van der Waals surface area contributed by atoms with Crippen LogP contribution in [0.3, 0.4) is 0 Å². The zero-order valence-electron chi connectivity index (χ0n) is 14.3. The molecule has 2 fully saturated rings. The number of hydrogen-bond acceptors (Lipinski definition) is 3. The molecule has 22 heavy (non-hydrogen) atoms. The third kappa shape index (κ3) is 2.67. The van der Waals surface area contributed by atoms with Crippen molar-refractivity contribution in [1.82, 2.24) is 4.90 Å². The van der Waals surface area contributed by atoms with E-state index in [1.165, 1.54) is 16.8 Å². The molecular formula is C18H26N2O2. The number of para-hydroxylation sites is 1. The number of anilines is 1. The lowest BCUT2D eigenvalue weighted by Gasteiger charge is -2.61. The minimum absolute atomic E-state index is 0.177. The molecule has 2 aliphatic heterocycles. The SMILES string of the molecule is Cc1cccc(C)c1N1CC2(CN(C(=O)OC(C)(C)C)C2)C1. The molecular weight excluding hydrogens is 276 g/mol. The van der Waals surface area contributed by atoms with Crippen molar-refractivity contribution in [2.75, 3.05) is 31.1 Å². The molecule has 2 heterocycles. The number of amides is 1. The second-order valence-corrected chi connectivity index (χ2v) is 7.93. The second kappa shape index (κ2) is 4.90. The minimum Gasteiger partial charge on any atom is -0.444 e. The van der Waals surface area contributed by atoms with Crippen molar-refractivity contribution < 1.29 is 9.53 Å². The van der Waals surface area contributed by atoms with E-state index < -0.39 is 5.60 Å². The Labute approximate surface area is 133 Å². The molecule has 0 N–H and O–H groups in total. The van der Waals surface area contributed by atoms with Crippen LogP contribution in [0.4, 0.5) is 10.5 Å². The van der Waals surface area contributed by atoms with Crippen LogP contribution < -0.4 is 4.90 Å². The van der Waals surface area contributed by atoms with Gasteiger partial charge in [-0.05, 0) is 45.7 Å². The second-order valence-electron chi connectivity index (χ2n) is 7.93. The van der Waals surface area contributed by atoms with Gasteiger partial charge in [0.1, 0.15) is 5.60 Å². The Balaban J connectivity index is 1.56. The molecule has 0 saturated carbocycles. The van der Waals surface area contributed by atoms with Crippen LogP contribution >= 0.6 is 0 Å². The van der Waals surface area contributed by atoms with Gasteiger partial charge in [-0.3, -0.25) is 0 Å². The van der Waals surface area contributed by atoms with Gasteiger partial charge in [-0.25, -0.2) is 4.79 Å². The molecule has 3 rings (SSSR count). The highest BCUT2D eigenvalue weighted by Gasteiger charge is 2.54. The number of rotatable bonds is 1. The molecule has 0 radical (unpaired) electrons. The van der Waals surface area contributed by atoms with E-state index in [1.807, 2.05) is 25.7 Å². The molecule has 1 aromatic carbocycles. The number of carbonyl (C=O) groups is 1. The number of benzene rings is 1. The van der Waals surface area contributed by atoms with Gasteiger partial charge >= 0.3 is 6.09 Å². The molecule has 1 amide bonds. The maximum absolute atomic E-state index is 12.0. The van der Waals surface area contributed by atoms with Gasteiger partial charge in [0.25, 0.3) is 0 Å². The Bertz CT molecular complexity index is 569. The topological polar surface area (TPSA) is 32.8 Å². The Hall–Kier alpha value is -1.71. The summed E-state index contributed by atoms with van der Waals surface area (Å²) in [6.07, 6.45) is -0.177. The van der Waals surface area contributed by atoms with Crippen molar-refractivity contribution >= 4 is 11.8 Å². The van der Waals surface area contributed by atoms with Crippen LogP contribution in [0.5, 0.6) is 0 Å². The van der Waals surface area contributed by atoms with Gasteiger partial charge in [-0.15, -0.1) is 0 Å². The quantitative estimate of drug-likeness (QED) is 0.797. The van der Waals surface area contributed by atoms with Crippen molar-refractivity contribution in [2.24, 2.45) is 5.41 Å². The van der Waals surface area contributed by atoms with E-state index >= 15 is 0 Å². The molecule has 2 aliphatic rings. The predicted molar refractivity (Wildman–Crippen MR) is 88.4 cm³/mol. The number of carbonyl (C=O) groups excluding carboxylic acids is 1. The maximum atomic E-state index is 12.0. The van der Waals surface area contributed by atoms with Gasteiger partial charge in [0.2, 0.25) is 0 Å². The summed E-state index contributed by atoms with van der Waals surface area (Å²) in [6, 6.07) is 6.44. The van der Waals surface area contributed by atoms with Gasteiger partial charge < -0.3 is 14.5 Å². The third-order valence-electron chi connectivity index (χ3n) is 4.51. The summed E-state index contributed by atoms with van der Waals surface area (Å²) in [5.74, 6) is 0. The highest BCUT2D eigenvalue weighted by molar-refractivity contribution is 5.70. The van der Waals surface area contributed by atoms with Crippen LogP contribution in [0.2, 0.25) is 0 Å². The van der Waals surface area contributed by atoms with Crippen LogP contribution in [0.25, 0.3) is 0 Å². The lowest BCUT2D eigenvalue weighted by Crippen LogP contribution is -2.73. The zero-order valence-corrected chi connectivity index (χ0v) is 14.3. The first-order valence-electron chi connectivity index (χ1n) is 7.98. The number of hydrogen-bond donors (Lipinski definition) is 0. The van der Waals surface area contributed by atoms with Crippen LogP contribution in [-0.4, -0.2) is 42.8 Å². The first-order chi connectivity index (χ1) is 10.2. The van der Waals surface area contributed by atoms with Crippen LogP contribution in [0, 0.1) is 19.3 Å². The highest BCUT2D eigenvalue weighted by Crippen LogP contribution is 2.43. The van der Waals surface area contributed by atoms with Gasteiger partial charge in [0.15, 0.2) is 0 Å². The van der Waals surface area contributed by atoms with Crippen molar-refractivity contribution in [1.29, 1.82) is 0 Å². The molecule has 4 heteroatoms. The van der Waals surface area contributed by atoms with E-state index in [9.17, 15) is 4.79 Å². The number of nitrogens with zero attached hydrogens (tertiary/aromatic N) is 2. The summed E-state index contributed by atoms with van der Waals surface area (Å²) in [5.41, 5.74) is 3.90. The van der Waals surface area contributed by atoms with Crippen LogP contribution in [0.1, 0.15) is 31.9 Å². The Morgan fingerprint density at radius 3 is 2.14 bits per heavy atom. The molecule has 120 valence electrons. The molecule has 0 aromatic heterocycles. The Morgan fingerprint density at radius 2 is 1.64 bits per heavy atom. The first kappa shape index (κ1) is 15.2. The summed E-state index contributed by atoms with van der Waals surface area (Å²) in [5, 5.41) is 0. The monoisotopic (exact) mass is 302 g/mol. The fourth-order valence-corrected chi connectivity index (χ4v) is 3.65. The molecule has 0 aliphatic carbocycles. The predicted octanol–water partition coefficient (Wildman–Crippen LogP) is 3.36. The summed E-state index contributed by atoms with van der Waals surface area (Å²) >= 11 is 0. The minimum atomic E-state index is -0.413. The fourth-order valence-electron chi connectivity index (χ4n) is 3.65. The van der Waals surface area contributed by atoms with E-state index in [4.69, 9.17) is 4.74 Å². The van der Waals surface area contributed by atoms with Crippen molar-refractivity contribution in [2.45, 2.75) is 40.2 Å². The molecule has 1 spiro atoms. The average Bonchev–Trinajstić information content (AvgIpc) is 2.26. The highest BCUT2D eigenvalue weighted by atomic mass is 16.6. The van der Waals surface area contributed by atoms with E-state index in [2.05, 4.69) is 36.9 Å². The van der Waals surface area contributed by atoms with Crippen molar-refractivity contribution in [3.8, 4) is 0 Å². The van der Waals surface area contributed by atoms with E-state index in [0.29, 0.717) is 0 Å². The van der Waals surface area contributed by atoms with Crippen LogP contribution in [0.15, 0.2) is 18.2 Å². The maximum Gasteiger partial charge on any atom is 0.410 e. The first-order valence-corrected chi connectivity index (χ1v) is 7.98. The average molecular weight is 302 g/mol. The van der Waals surface area contributed by atoms with Gasteiger partial charge in [-0.2, -0.15) is 0 Å². The van der Waals surface area contributed by atoms with Crippen molar-refractivity contribution in [3.63, 3.8) is 0 Å². The van der Waals surface area contributed by atoms with Gasteiger partial charge in [-0.1, -0.05) is 18.2 Å². The molecule has 0 bridgehead atoms. The normalized spacial score (nSPS) is 19.7. The number of ether oxygens (including phenoxy) is 1. The molecule has 1 aromatic rings. The van der Waals surface area contributed by atoms with E-state index in [-0.39, 0.29) is 11.5 Å². The summed E-state index contributed by atoms with van der Waals surface area (Å²) in [6.45, 7) is 13.8. The summed E-state index contributed by atoms with van der Waals surface area (Å²) in [4.78, 5) is 16.3. The number of aryl methyl sites for hydroxylation is 2. The van der Waals surface area contributed by atoms with Crippen LogP contribution in [-0.2, 0) is 4.74 Å². The largest absolute Gasteiger partial charge is 0.444 e.